The first-order valence-electron chi connectivity index (χ1n) is 7.91. The van der Waals surface area contributed by atoms with Crippen molar-refractivity contribution in [2.24, 2.45) is 0 Å². The highest BCUT2D eigenvalue weighted by molar-refractivity contribution is 5.86. The van der Waals surface area contributed by atoms with E-state index in [1.807, 2.05) is 0 Å². The van der Waals surface area contributed by atoms with E-state index < -0.39 is 11.5 Å². The van der Waals surface area contributed by atoms with Crippen molar-refractivity contribution in [3.8, 4) is 0 Å². The summed E-state index contributed by atoms with van der Waals surface area (Å²) in [7, 11) is 1.65. The molecule has 0 bridgehead atoms. The molecule has 0 radical (unpaired) electrons. The van der Waals surface area contributed by atoms with Crippen molar-refractivity contribution in [1.82, 2.24) is 10.2 Å². The Morgan fingerprint density at radius 1 is 1.19 bits per heavy atom. The molecule has 0 spiro atoms. The van der Waals surface area contributed by atoms with Gasteiger partial charge in [-0.15, -0.1) is 0 Å². The van der Waals surface area contributed by atoms with Crippen molar-refractivity contribution in [3.63, 3.8) is 0 Å². The number of carbonyl (C=O) groups excluding carboxylic acids is 1. The number of urea groups is 1. The van der Waals surface area contributed by atoms with Crippen molar-refractivity contribution in [2.75, 3.05) is 20.2 Å². The molecule has 1 saturated heterocycles. The van der Waals surface area contributed by atoms with Crippen molar-refractivity contribution in [2.45, 2.75) is 63.0 Å². The lowest BCUT2D eigenvalue weighted by atomic mass is 9.90. The fraction of sp³-hybridized carbons (Fsp3) is 0.867. The molecule has 1 atom stereocenters. The molecule has 6 nitrogen and oxygen atoms in total. The summed E-state index contributed by atoms with van der Waals surface area (Å²) in [5.74, 6) is -0.905. The van der Waals surface area contributed by atoms with Crippen LogP contribution in [0.4, 0.5) is 4.79 Å². The summed E-state index contributed by atoms with van der Waals surface area (Å²) in [5.41, 5.74) is -1.09. The standard InChI is InChI=1S/C15H26N2O4/c1-21-12-7-6-10-17(11-12)14(20)16-15(13(18)19)8-4-2-3-5-9-15/h12H,2-11H2,1H3,(H,16,20)(H,18,19). The molecule has 1 aliphatic heterocycles. The Kier molecular flexibility index (Phi) is 5.45. The number of hydrogen-bond acceptors (Lipinski definition) is 3. The zero-order valence-electron chi connectivity index (χ0n) is 12.8. The van der Waals surface area contributed by atoms with Gasteiger partial charge in [0.25, 0.3) is 0 Å². The molecule has 2 rings (SSSR count). The van der Waals surface area contributed by atoms with Gasteiger partial charge in [-0.2, -0.15) is 0 Å². The number of rotatable bonds is 3. The van der Waals surface area contributed by atoms with E-state index in [9.17, 15) is 14.7 Å². The van der Waals surface area contributed by atoms with Gasteiger partial charge in [0.05, 0.1) is 6.10 Å². The topological polar surface area (TPSA) is 78.9 Å². The van der Waals surface area contributed by atoms with E-state index in [-0.39, 0.29) is 12.1 Å². The van der Waals surface area contributed by atoms with Gasteiger partial charge in [-0.1, -0.05) is 25.7 Å². The number of nitrogens with zero attached hydrogens (tertiary/aromatic N) is 1. The number of piperidine rings is 1. The number of methoxy groups -OCH3 is 1. The molecule has 2 fully saturated rings. The monoisotopic (exact) mass is 298 g/mol. The first-order valence-corrected chi connectivity index (χ1v) is 7.91. The molecule has 1 heterocycles. The van der Waals surface area contributed by atoms with Crippen LogP contribution in [0.15, 0.2) is 0 Å². The van der Waals surface area contributed by atoms with Crippen LogP contribution in [-0.4, -0.2) is 53.8 Å². The average molecular weight is 298 g/mol. The number of amides is 2. The van der Waals surface area contributed by atoms with Gasteiger partial charge in [0.15, 0.2) is 0 Å². The number of carbonyl (C=O) groups is 2. The van der Waals surface area contributed by atoms with Gasteiger partial charge >= 0.3 is 12.0 Å². The molecule has 2 amide bonds. The van der Waals surface area contributed by atoms with Crippen molar-refractivity contribution >= 4 is 12.0 Å². The van der Waals surface area contributed by atoms with Crippen LogP contribution < -0.4 is 5.32 Å². The van der Waals surface area contributed by atoms with E-state index >= 15 is 0 Å². The summed E-state index contributed by atoms with van der Waals surface area (Å²) < 4.78 is 5.32. The number of carboxylic acid groups (broad SMARTS) is 1. The number of carboxylic acids is 1. The Morgan fingerprint density at radius 2 is 1.86 bits per heavy atom. The predicted octanol–water partition coefficient (Wildman–Crippen LogP) is 1.98. The minimum Gasteiger partial charge on any atom is -0.480 e. The van der Waals surface area contributed by atoms with E-state index in [0.717, 1.165) is 38.5 Å². The van der Waals surface area contributed by atoms with Gasteiger partial charge in [-0.25, -0.2) is 9.59 Å². The average Bonchev–Trinajstić information content (AvgIpc) is 2.74. The fourth-order valence-electron chi connectivity index (χ4n) is 3.32. The zero-order chi connectivity index (χ0) is 15.3. The third-order valence-corrected chi connectivity index (χ3v) is 4.71. The Bertz CT molecular complexity index is 378. The van der Waals surface area contributed by atoms with E-state index in [0.29, 0.717) is 25.9 Å². The predicted molar refractivity (Wildman–Crippen MR) is 78.2 cm³/mol. The van der Waals surface area contributed by atoms with Gasteiger partial charge in [0.2, 0.25) is 0 Å². The first kappa shape index (κ1) is 16.1. The zero-order valence-corrected chi connectivity index (χ0v) is 12.8. The maximum absolute atomic E-state index is 12.4. The summed E-state index contributed by atoms with van der Waals surface area (Å²) >= 11 is 0. The van der Waals surface area contributed by atoms with Crippen LogP contribution in [0.5, 0.6) is 0 Å². The third-order valence-electron chi connectivity index (χ3n) is 4.71. The van der Waals surface area contributed by atoms with Crippen LogP contribution in [0, 0.1) is 0 Å². The number of likely N-dealkylation sites (tertiary alicyclic amines) is 1. The highest BCUT2D eigenvalue weighted by Crippen LogP contribution is 2.28. The maximum atomic E-state index is 12.4. The van der Waals surface area contributed by atoms with Gasteiger partial charge in [-0.05, 0) is 25.7 Å². The first-order chi connectivity index (χ1) is 10.1. The van der Waals surface area contributed by atoms with Crippen LogP contribution in [0.25, 0.3) is 0 Å². The molecule has 1 unspecified atom stereocenters. The summed E-state index contributed by atoms with van der Waals surface area (Å²) in [6.07, 6.45) is 6.74. The quantitative estimate of drug-likeness (QED) is 0.781. The molecule has 2 N–H and O–H groups in total. The molecular formula is C15H26N2O4. The molecule has 120 valence electrons. The summed E-state index contributed by atoms with van der Waals surface area (Å²) in [5, 5.41) is 12.4. The van der Waals surface area contributed by atoms with Crippen LogP contribution in [-0.2, 0) is 9.53 Å². The normalized spacial score (nSPS) is 26.0. The molecule has 0 aromatic heterocycles. The van der Waals surface area contributed by atoms with Crippen molar-refractivity contribution < 1.29 is 19.4 Å². The number of nitrogens with one attached hydrogen (secondary N) is 1. The van der Waals surface area contributed by atoms with E-state index in [1.54, 1.807) is 12.0 Å². The minimum atomic E-state index is -1.09. The smallest absolute Gasteiger partial charge is 0.329 e. The highest BCUT2D eigenvalue weighted by Gasteiger charge is 2.41. The van der Waals surface area contributed by atoms with Crippen molar-refractivity contribution in [3.05, 3.63) is 0 Å². The molecule has 1 aliphatic carbocycles. The van der Waals surface area contributed by atoms with Gasteiger partial charge < -0.3 is 20.1 Å². The van der Waals surface area contributed by atoms with Gasteiger partial charge in [-0.3, -0.25) is 0 Å². The number of hydrogen-bond donors (Lipinski definition) is 2. The van der Waals surface area contributed by atoms with E-state index in [1.165, 1.54) is 0 Å². The van der Waals surface area contributed by atoms with E-state index in [2.05, 4.69) is 5.32 Å². The maximum Gasteiger partial charge on any atom is 0.329 e. The van der Waals surface area contributed by atoms with Crippen LogP contribution in [0.1, 0.15) is 51.4 Å². The minimum absolute atomic E-state index is 0.0550. The van der Waals surface area contributed by atoms with Crippen LogP contribution in [0.3, 0.4) is 0 Å². The third kappa shape index (κ3) is 3.87. The van der Waals surface area contributed by atoms with Crippen LogP contribution in [0.2, 0.25) is 0 Å². The second kappa shape index (κ2) is 7.11. The van der Waals surface area contributed by atoms with Crippen molar-refractivity contribution in [1.29, 1.82) is 0 Å². The molecule has 1 saturated carbocycles. The Balaban J connectivity index is 2.02. The van der Waals surface area contributed by atoms with Crippen LogP contribution >= 0.6 is 0 Å². The van der Waals surface area contributed by atoms with Gasteiger partial charge in [0, 0.05) is 20.2 Å². The number of ether oxygens (including phenoxy) is 1. The summed E-state index contributed by atoms with van der Waals surface area (Å²) in [6.45, 7) is 1.21. The largest absolute Gasteiger partial charge is 0.480 e. The van der Waals surface area contributed by atoms with Gasteiger partial charge in [0.1, 0.15) is 5.54 Å². The SMILES string of the molecule is COC1CCCN(C(=O)NC2(C(=O)O)CCCCCC2)C1. The second-order valence-electron chi connectivity index (χ2n) is 6.18. The second-order valence-corrected chi connectivity index (χ2v) is 6.18. The summed E-state index contributed by atoms with van der Waals surface area (Å²) in [4.78, 5) is 25.8. The lowest BCUT2D eigenvalue weighted by Crippen LogP contribution is -2.59. The lowest BCUT2D eigenvalue weighted by molar-refractivity contribution is -0.145. The Morgan fingerprint density at radius 3 is 2.43 bits per heavy atom. The molecule has 21 heavy (non-hydrogen) atoms. The molecule has 0 aromatic rings. The van der Waals surface area contributed by atoms with E-state index in [4.69, 9.17) is 4.74 Å². The molecule has 2 aliphatic rings. The Labute approximate surface area is 125 Å². The highest BCUT2D eigenvalue weighted by atomic mass is 16.5. The molecule has 6 heteroatoms. The molecular weight excluding hydrogens is 272 g/mol. The molecule has 0 aromatic carbocycles. The fourth-order valence-corrected chi connectivity index (χ4v) is 3.32. The lowest BCUT2D eigenvalue weighted by Gasteiger charge is -2.36. The number of aliphatic carboxylic acids is 1. The summed E-state index contributed by atoms with van der Waals surface area (Å²) in [6, 6.07) is -0.263. The Hall–Kier alpha value is -1.30.